The van der Waals surface area contributed by atoms with E-state index in [0.717, 1.165) is 37.7 Å². The fourth-order valence-electron chi connectivity index (χ4n) is 4.20. The van der Waals surface area contributed by atoms with E-state index >= 15 is 0 Å². The molecule has 0 aliphatic heterocycles. The van der Waals surface area contributed by atoms with Gasteiger partial charge in [0.25, 0.3) is 10.9 Å². The van der Waals surface area contributed by atoms with E-state index in [-0.39, 0.29) is 34.7 Å². The number of hydrogen-bond acceptors (Lipinski definition) is 5. The minimum absolute atomic E-state index is 0.0807. The number of benzene rings is 1. The molecule has 2 aromatic rings. The number of hydrogen-bond donors (Lipinski definition) is 1. The van der Waals surface area contributed by atoms with Crippen molar-refractivity contribution in [2.45, 2.75) is 79.2 Å². The highest BCUT2D eigenvalue weighted by molar-refractivity contribution is 6.06. The number of nitrogens with zero attached hydrogens (tertiary/aromatic N) is 2. The normalized spacial score (nSPS) is 15.9. The van der Waals surface area contributed by atoms with Gasteiger partial charge in [0.15, 0.2) is 0 Å². The van der Waals surface area contributed by atoms with Gasteiger partial charge < -0.3 is 5.32 Å². The highest BCUT2D eigenvalue weighted by atomic mass is 16.2. The van der Waals surface area contributed by atoms with Gasteiger partial charge in [0, 0.05) is 12.0 Å². The molecule has 1 saturated carbocycles. The summed E-state index contributed by atoms with van der Waals surface area (Å²) in [5, 5.41) is 12.5. The van der Waals surface area contributed by atoms with Gasteiger partial charge in [-0.2, -0.15) is 5.26 Å². The molecule has 1 unspecified atom stereocenters. The molecular weight excluding hydrogens is 402 g/mol. The zero-order chi connectivity index (χ0) is 23.6. The first-order valence-electron chi connectivity index (χ1n) is 11.6. The smallest absolute Gasteiger partial charge is 0.254 e. The summed E-state index contributed by atoms with van der Waals surface area (Å²) in [6, 6.07) is 7.20. The lowest BCUT2D eigenvalue weighted by Gasteiger charge is -2.34. The summed E-state index contributed by atoms with van der Waals surface area (Å²) in [5.74, 6) is -0.316. The van der Waals surface area contributed by atoms with Crippen LogP contribution in [0.2, 0.25) is 0 Å². The molecule has 3 rings (SSSR count). The van der Waals surface area contributed by atoms with Crippen LogP contribution in [0, 0.1) is 22.7 Å². The minimum Gasteiger partial charge on any atom is -0.377 e. The van der Waals surface area contributed by atoms with Gasteiger partial charge in [-0.15, -0.1) is 0 Å². The van der Waals surface area contributed by atoms with E-state index in [1.54, 1.807) is 18.2 Å². The van der Waals surface area contributed by atoms with Crippen LogP contribution in [0.4, 0.5) is 17.1 Å². The van der Waals surface area contributed by atoms with Crippen LogP contribution in [0.5, 0.6) is 0 Å². The van der Waals surface area contributed by atoms with Crippen LogP contribution in [0.25, 0.3) is 0 Å². The second-order valence-electron chi connectivity index (χ2n) is 9.93. The summed E-state index contributed by atoms with van der Waals surface area (Å²) in [4.78, 5) is 40.6. The van der Waals surface area contributed by atoms with Crippen LogP contribution >= 0.6 is 0 Å². The van der Waals surface area contributed by atoms with Gasteiger partial charge in [-0.05, 0) is 55.4 Å². The average molecular weight is 436 g/mol. The van der Waals surface area contributed by atoms with Crippen molar-refractivity contribution in [3.05, 3.63) is 49.8 Å². The molecular formula is C26H33N3O3. The van der Waals surface area contributed by atoms with Crippen molar-refractivity contribution in [3.63, 3.8) is 0 Å². The summed E-state index contributed by atoms with van der Waals surface area (Å²) >= 11 is 0. The summed E-state index contributed by atoms with van der Waals surface area (Å²) in [5.41, 5.74) is 0.887. The highest BCUT2D eigenvalue weighted by Crippen LogP contribution is 2.37. The van der Waals surface area contributed by atoms with Crippen molar-refractivity contribution in [1.82, 2.24) is 0 Å². The van der Waals surface area contributed by atoms with Gasteiger partial charge in [-0.1, -0.05) is 47.0 Å². The number of amides is 1. The Morgan fingerprint density at radius 2 is 1.84 bits per heavy atom. The quantitative estimate of drug-likeness (QED) is 0.658. The lowest BCUT2D eigenvalue weighted by Crippen LogP contribution is -2.47. The van der Waals surface area contributed by atoms with E-state index in [9.17, 15) is 19.6 Å². The molecule has 0 spiro atoms. The Morgan fingerprint density at radius 3 is 2.41 bits per heavy atom. The van der Waals surface area contributed by atoms with Gasteiger partial charge in [0.2, 0.25) is 5.91 Å². The first-order chi connectivity index (χ1) is 15.1. The Labute approximate surface area is 189 Å². The Morgan fingerprint density at radius 1 is 1.19 bits per heavy atom. The third-order valence-electron chi connectivity index (χ3n) is 6.77. The third kappa shape index (κ3) is 4.48. The highest BCUT2D eigenvalue weighted by Gasteiger charge is 2.37. The van der Waals surface area contributed by atoms with E-state index in [1.807, 2.05) is 13.8 Å². The molecule has 1 atom stereocenters. The Kier molecular flexibility index (Phi) is 6.88. The lowest BCUT2D eigenvalue weighted by molar-refractivity contribution is -0.122. The predicted octanol–water partition coefficient (Wildman–Crippen LogP) is 4.81. The van der Waals surface area contributed by atoms with Crippen LogP contribution in [-0.4, -0.2) is 11.9 Å². The molecule has 2 aromatic carbocycles. The van der Waals surface area contributed by atoms with Crippen LogP contribution in [0.15, 0.2) is 27.8 Å². The zero-order valence-corrected chi connectivity index (χ0v) is 19.7. The van der Waals surface area contributed by atoms with Gasteiger partial charge in [0.1, 0.15) is 11.4 Å². The zero-order valence-electron chi connectivity index (χ0n) is 19.7. The molecule has 170 valence electrons. The molecule has 1 amide bonds. The largest absolute Gasteiger partial charge is 0.377 e. The molecule has 1 fully saturated rings. The standard InChI is InChI=1S/C26H33N3O3/c1-6-18-14-17(15-27)12-13-20(18)29(25(32)19-10-8-7-9-11-19)22-21(23(30)24(22)31)28-16(2)26(3,4)5/h12-14,16,19,28H,6-11H2,1-5H3. The number of carbonyl (C=O) groups is 1. The maximum Gasteiger partial charge on any atom is 0.254 e. The van der Waals surface area contributed by atoms with Gasteiger partial charge in [0.05, 0.1) is 17.3 Å². The number of nitrogens with one attached hydrogen (secondary N) is 1. The summed E-state index contributed by atoms with van der Waals surface area (Å²) in [6.07, 6.45) is 5.23. The molecule has 0 heterocycles. The Balaban J connectivity index is 2.14. The maximum absolute atomic E-state index is 13.8. The SMILES string of the molecule is CCc1cc(C#N)ccc1N(C(=O)C1CCCCC1)c1c(NC(C)C(C)(C)C)c(=O)c1=O. The second kappa shape index (κ2) is 9.28. The molecule has 0 radical (unpaired) electrons. The maximum atomic E-state index is 13.8. The fourth-order valence-corrected chi connectivity index (χ4v) is 4.20. The molecule has 0 aromatic heterocycles. The van der Waals surface area contributed by atoms with Gasteiger partial charge in [-0.25, -0.2) is 0 Å². The van der Waals surface area contributed by atoms with Crippen molar-refractivity contribution in [2.75, 3.05) is 10.2 Å². The Bertz CT molecular complexity index is 1110. The number of anilines is 3. The van der Waals surface area contributed by atoms with Crippen LogP contribution < -0.4 is 21.1 Å². The molecule has 1 aliphatic rings. The van der Waals surface area contributed by atoms with Crippen molar-refractivity contribution in [2.24, 2.45) is 11.3 Å². The number of carbonyl (C=O) groups excluding carboxylic acids is 1. The monoisotopic (exact) mass is 435 g/mol. The topological polar surface area (TPSA) is 90.3 Å². The van der Waals surface area contributed by atoms with Crippen LogP contribution in [0.1, 0.15) is 77.8 Å². The lowest BCUT2D eigenvalue weighted by atomic mass is 9.87. The molecule has 0 bridgehead atoms. The van der Waals surface area contributed by atoms with Crippen LogP contribution in [0.3, 0.4) is 0 Å². The van der Waals surface area contributed by atoms with Crippen molar-refractivity contribution in [1.29, 1.82) is 5.26 Å². The number of rotatable bonds is 6. The molecule has 1 N–H and O–H groups in total. The van der Waals surface area contributed by atoms with Crippen molar-refractivity contribution < 1.29 is 4.79 Å². The summed E-state index contributed by atoms with van der Waals surface area (Å²) in [7, 11) is 0. The molecule has 1 aliphatic carbocycles. The number of aryl methyl sites for hydroxylation is 1. The average Bonchev–Trinajstić information content (AvgIpc) is 2.80. The summed E-state index contributed by atoms with van der Waals surface area (Å²) in [6.45, 7) is 10.1. The van der Waals surface area contributed by atoms with Gasteiger partial charge >= 0.3 is 0 Å². The van der Waals surface area contributed by atoms with Crippen molar-refractivity contribution in [3.8, 4) is 6.07 Å². The van der Waals surface area contributed by atoms with E-state index in [4.69, 9.17) is 0 Å². The number of nitriles is 1. The van der Waals surface area contributed by atoms with Gasteiger partial charge in [-0.3, -0.25) is 19.3 Å². The fraction of sp³-hybridized carbons (Fsp3) is 0.538. The Hall–Kier alpha value is -2.94. The van der Waals surface area contributed by atoms with E-state index < -0.39 is 10.9 Å². The second-order valence-corrected chi connectivity index (χ2v) is 9.93. The van der Waals surface area contributed by atoms with Crippen LogP contribution in [-0.2, 0) is 11.2 Å². The molecule has 6 nitrogen and oxygen atoms in total. The van der Waals surface area contributed by atoms with E-state index in [0.29, 0.717) is 17.7 Å². The predicted molar refractivity (Wildman–Crippen MR) is 128 cm³/mol. The molecule has 0 saturated heterocycles. The third-order valence-corrected chi connectivity index (χ3v) is 6.77. The van der Waals surface area contributed by atoms with Crippen molar-refractivity contribution >= 4 is 23.0 Å². The van der Waals surface area contributed by atoms with E-state index in [1.165, 1.54) is 4.90 Å². The molecule has 6 heteroatoms. The van der Waals surface area contributed by atoms with E-state index in [2.05, 4.69) is 32.2 Å². The minimum atomic E-state index is -0.635. The summed E-state index contributed by atoms with van der Waals surface area (Å²) < 4.78 is 0. The first kappa shape index (κ1) is 23.7. The first-order valence-corrected chi connectivity index (χ1v) is 11.6. The molecule has 32 heavy (non-hydrogen) atoms.